The van der Waals surface area contributed by atoms with Crippen LogP contribution in [0.15, 0.2) is 18.2 Å². The van der Waals surface area contributed by atoms with Crippen molar-refractivity contribution in [1.82, 2.24) is 10.6 Å². The minimum Gasteiger partial charge on any atom is -0.378 e. The van der Waals surface area contributed by atoms with Crippen molar-refractivity contribution in [3.63, 3.8) is 0 Å². The molecule has 3 fully saturated rings. The number of aliphatic hydroxyl groups excluding tert-OH is 1. The topological polar surface area (TPSA) is 53.5 Å². The van der Waals surface area contributed by atoms with Gasteiger partial charge in [0.05, 0.1) is 17.2 Å². The number of hydrogen-bond acceptors (Lipinski definition) is 4. The molecule has 0 spiro atoms. The maximum absolute atomic E-state index is 13.2. The van der Waals surface area contributed by atoms with Gasteiger partial charge in [0.15, 0.2) is 0 Å². The molecule has 2 aliphatic carbocycles. The summed E-state index contributed by atoms with van der Waals surface area (Å²) in [5, 5.41) is 17.7. The van der Waals surface area contributed by atoms with E-state index < -0.39 is 29.7 Å². The smallest absolute Gasteiger partial charge is 0.378 e. The summed E-state index contributed by atoms with van der Waals surface area (Å²) in [5.74, 6) is 0.781. The Morgan fingerprint density at radius 2 is 1.54 bits per heavy atom. The lowest BCUT2D eigenvalue weighted by molar-refractivity contribution is -0.143. The Hall–Kier alpha value is -1.36. The van der Waals surface area contributed by atoms with Crippen LogP contribution in [0.25, 0.3) is 0 Å². The molecule has 0 aromatic heterocycles. The summed E-state index contributed by atoms with van der Waals surface area (Å²) in [4.78, 5) is 0. The maximum Gasteiger partial charge on any atom is 0.416 e. The van der Waals surface area contributed by atoms with E-state index in [1.165, 1.54) is 12.8 Å². The highest BCUT2D eigenvalue weighted by molar-refractivity contribution is 5.33. The summed E-state index contributed by atoms with van der Waals surface area (Å²) in [7, 11) is 0. The normalized spacial score (nSPS) is 31.9. The second kappa shape index (κ2) is 11.4. The quantitative estimate of drug-likeness (QED) is 0.290. The van der Waals surface area contributed by atoms with Crippen LogP contribution in [0.2, 0.25) is 0 Å². The summed E-state index contributed by atoms with van der Waals surface area (Å²) in [6, 6.07) is 2.10. The molecule has 1 saturated heterocycles. The van der Waals surface area contributed by atoms with Gasteiger partial charge in [-0.3, -0.25) is 5.32 Å². The van der Waals surface area contributed by atoms with Gasteiger partial charge in [-0.1, -0.05) is 26.7 Å². The van der Waals surface area contributed by atoms with Gasteiger partial charge in [0, 0.05) is 37.1 Å². The molecule has 5 unspecified atom stereocenters. The Bertz CT molecular complexity index is 872. The Kier molecular flexibility index (Phi) is 8.83. The highest BCUT2D eigenvalue weighted by Crippen LogP contribution is 2.41. The molecule has 4 nitrogen and oxygen atoms in total. The fourth-order valence-electron chi connectivity index (χ4n) is 6.73. The van der Waals surface area contributed by atoms with Crippen LogP contribution in [-0.4, -0.2) is 36.1 Å². The van der Waals surface area contributed by atoms with Crippen LogP contribution in [0.5, 0.6) is 0 Å². The van der Waals surface area contributed by atoms with Crippen LogP contribution in [-0.2, 0) is 23.6 Å². The van der Waals surface area contributed by atoms with Crippen LogP contribution >= 0.6 is 0 Å². The van der Waals surface area contributed by atoms with Crippen molar-refractivity contribution in [3.05, 3.63) is 34.9 Å². The molecule has 7 atom stereocenters. The number of ether oxygens (including phenoxy) is 1. The highest BCUT2D eigenvalue weighted by Gasteiger charge is 2.43. The van der Waals surface area contributed by atoms with Gasteiger partial charge in [-0.05, 0) is 67.7 Å². The van der Waals surface area contributed by atoms with Crippen molar-refractivity contribution in [2.45, 2.75) is 102 Å². The Morgan fingerprint density at radius 1 is 0.919 bits per heavy atom. The third-order valence-corrected chi connectivity index (χ3v) is 8.57. The minimum absolute atomic E-state index is 0.120. The van der Waals surface area contributed by atoms with E-state index in [0.717, 1.165) is 32.3 Å². The van der Waals surface area contributed by atoms with Crippen LogP contribution in [0.3, 0.4) is 0 Å². The molecule has 1 aliphatic heterocycles. The van der Waals surface area contributed by atoms with E-state index >= 15 is 0 Å². The molecule has 37 heavy (non-hydrogen) atoms. The van der Waals surface area contributed by atoms with Crippen molar-refractivity contribution in [1.29, 1.82) is 0 Å². The standard InChI is InChI=1S/C27H38F6N2O2/c1-15(2)21-12-19(35-23-7-8-37-24-6-4-3-5-20(23)24)13-22(21)25(36)34-14-16-9-17(26(28,29)30)11-18(10-16)27(31,32)33/h9-11,15,19-25,34-36H,3-8,12-14H2,1-2H3/t19-,20?,21?,22-,23?,24?,25?/m1/s1. The molecular weight excluding hydrogens is 498 g/mol. The molecule has 1 aromatic carbocycles. The van der Waals surface area contributed by atoms with Crippen LogP contribution in [0.4, 0.5) is 26.3 Å². The van der Waals surface area contributed by atoms with Crippen molar-refractivity contribution in [2.24, 2.45) is 23.7 Å². The molecular formula is C27H38F6N2O2. The van der Waals surface area contributed by atoms with Gasteiger partial charge in [-0.25, -0.2) is 0 Å². The van der Waals surface area contributed by atoms with Gasteiger partial charge in [0.2, 0.25) is 0 Å². The van der Waals surface area contributed by atoms with E-state index in [9.17, 15) is 31.4 Å². The number of halogens is 6. The zero-order valence-corrected chi connectivity index (χ0v) is 21.3. The Morgan fingerprint density at radius 3 is 2.16 bits per heavy atom. The monoisotopic (exact) mass is 536 g/mol. The number of aliphatic hydroxyl groups is 1. The summed E-state index contributed by atoms with van der Waals surface area (Å²) in [5.41, 5.74) is -2.87. The summed E-state index contributed by atoms with van der Waals surface area (Å²) in [6.45, 7) is 4.61. The van der Waals surface area contributed by atoms with E-state index in [0.29, 0.717) is 36.6 Å². The van der Waals surface area contributed by atoms with Gasteiger partial charge < -0.3 is 15.2 Å². The third kappa shape index (κ3) is 6.99. The average Bonchev–Trinajstić information content (AvgIpc) is 3.26. The number of nitrogens with one attached hydrogen (secondary N) is 2. The predicted octanol–water partition coefficient (Wildman–Crippen LogP) is 6.12. The Balaban J connectivity index is 1.41. The largest absolute Gasteiger partial charge is 0.416 e. The van der Waals surface area contributed by atoms with Gasteiger partial charge in [0.1, 0.15) is 6.23 Å². The third-order valence-electron chi connectivity index (χ3n) is 8.57. The first-order valence-corrected chi connectivity index (χ1v) is 13.4. The van der Waals surface area contributed by atoms with Crippen LogP contribution in [0, 0.1) is 23.7 Å². The Labute approximate surface area is 214 Å². The van der Waals surface area contributed by atoms with Crippen molar-refractivity contribution >= 4 is 0 Å². The molecule has 1 aromatic rings. The molecule has 0 amide bonds. The summed E-state index contributed by atoms with van der Waals surface area (Å²) >= 11 is 0. The molecule has 0 radical (unpaired) electrons. The van der Waals surface area contributed by atoms with Crippen LogP contribution < -0.4 is 10.6 Å². The van der Waals surface area contributed by atoms with Crippen LogP contribution in [0.1, 0.15) is 75.5 Å². The average molecular weight is 537 g/mol. The van der Waals surface area contributed by atoms with E-state index in [2.05, 4.69) is 24.5 Å². The zero-order valence-electron chi connectivity index (χ0n) is 21.3. The molecule has 3 N–H and O–H groups in total. The molecule has 210 valence electrons. The van der Waals surface area contributed by atoms with Gasteiger partial charge in [0.25, 0.3) is 0 Å². The van der Waals surface area contributed by atoms with E-state index in [4.69, 9.17) is 4.74 Å². The molecule has 0 bridgehead atoms. The lowest BCUT2D eigenvalue weighted by Gasteiger charge is -2.42. The summed E-state index contributed by atoms with van der Waals surface area (Å²) < 4.78 is 85.2. The van der Waals surface area contributed by atoms with Gasteiger partial charge in [-0.15, -0.1) is 0 Å². The first-order valence-electron chi connectivity index (χ1n) is 13.4. The lowest BCUT2D eigenvalue weighted by atomic mass is 9.78. The molecule has 4 rings (SSSR count). The number of fused-ring (bicyclic) bond motifs is 1. The molecule has 3 aliphatic rings. The van der Waals surface area contributed by atoms with Crippen molar-refractivity contribution in [2.75, 3.05) is 6.61 Å². The van der Waals surface area contributed by atoms with Gasteiger partial charge in [-0.2, -0.15) is 26.3 Å². The first kappa shape index (κ1) is 28.6. The summed E-state index contributed by atoms with van der Waals surface area (Å²) in [6.07, 6.45) is -3.37. The van der Waals surface area contributed by atoms with E-state index in [-0.39, 0.29) is 42.0 Å². The lowest BCUT2D eigenvalue weighted by Crippen LogP contribution is -2.51. The second-order valence-electron chi connectivity index (χ2n) is 11.4. The second-order valence-corrected chi connectivity index (χ2v) is 11.4. The number of rotatable bonds is 7. The van der Waals surface area contributed by atoms with Crippen molar-refractivity contribution in [3.8, 4) is 0 Å². The fourth-order valence-corrected chi connectivity index (χ4v) is 6.73. The molecule has 10 heteroatoms. The number of benzene rings is 1. The number of alkyl halides is 6. The minimum atomic E-state index is -4.90. The highest BCUT2D eigenvalue weighted by atomic mass is 19.4. The molecule has 2 saturated carbocycles. The van der Waals surface area contributed by atoms with Crippen molar-refractivity contribution < 1.29 is 36.2 Å². The maximum atomic E-state index is 13.2. The molecule has 1 heterocycles. The van der Waals surface area contributed by atoms with Gasteiger partial charge >= 0.3 is 12.4 Å². The van der Waals surface area contributed by atoms with E-state index in [1.807, 2.05) is 0 Å². The fraction of sp³-hybridized carbons (Fsp3) is 0.778. The SMILES string of the molecule is CC(C)C1C[C@@H](NC2CCOC3CCCCC23)C[C@H]1C(O)NCc1cc(C(F)(F)F)cc(C(F)(F)F)c1. The predicted molar refractivity (Wildman–Crippen MR) is 127 cm³/mol. The van der Waals surface area contributed by atoms with E-state index in [1.54, 1.807) is 0 Å². The first-order chi connectivity index (χ1) is 17.3. The number of hydrogen-bond donors (Lipinski definition) is 3. The zero-order chi connectivity index (χ0) is 27.0.